The van der Waals surface area contributed by atoms with Crippen LogP contribution in [0.3, 0.4) is 0 Å². The summed E-state index contributed by atoms with van der Waals surface area (Å²) >= 11 is 0. The fourth-order valence-corrected chi connectivity index (χ4v) is 1.43. The highest BCUT2D eigenvalue weighted by Crippen LogP contribution is 2.38. The van der Waals surface area contributed by atoms with E-state index in [2.05, 4.69) is 37.9 Å². The smallest absolute Gasteiger partial charge is 0.427 e. The van der Waals surface area contributed by atoms with E-state index in [1.165, 1.54) is 0 Å². The average molecular weight is 528 g/mol. The molecule has 4 atom stereocenters. The first kappa shape index (κ1) is 28.5. The molecule has 4 rings (SSSR count). The van der Waals surface area contributed by atoms with E-state index in [0.29, 0.717) is 0 Å². The van der Waals surface area contributed by atoms with Crippen LogP contribution in [0.15, 0.2) is 0 Å². The van der Waals surface area contributed by atoms with Crippen LogP contribution in [0.25, 0.3) is 0 Å². The van der Waals surface area contributed by atoms with Gasteiger partial charge in [-0.15, -0.1) is 0 Å². The minimum atomic E-state index is -5.24. The predicted molar refractivity (Wildman–Crippen MR) is 74.4 cm³/mol. The molecule has 4 fully saturated rings. The molecule has 0 saturated carbocycles. The number of halogens is 9. The van der Waals surface area contributed by atoms with Crippen LogP contribution in [0.5, 0.6) is 0 Å². The first-order chi connectivity index (χ1) is 15.4. The fraction of sp³-hybridized carbons (Fsp3) is 0.692. The molecule has 196 valence electrons. The Morgan fingerprint density at radius 2 is 1.18 bits per heavy atom. The lowest BCUT2D eigenvalue weighted by atomic mass is 10.3. The van der Waals surface area contributed by atoms with Crippen molar-refractivity contribution in [3.8, 4) is 0 Å². The van der Waals surface area contributed by atoms with Crippen molar-refractivity contribution in [1.29, 1.82) is 0 Å². The minimum Gasteiger partial charge on any atom is -0.427 e. The van der Waals surface area contributed by atoms with E-state index in [0.717, 1.165) is 0 Å². The van der Waals surface area contributed by atoms with Crippen molar-refractivity contribution in [3.63, 3.8) is 0 Å². The zero-order valence-electron chi connectivity index (χ0n) is 15.7. The largest absolute Gasteiger partial charge is 0.513 e. The lowest BCUT2D eigenvalue weighted by molar-refractivity contribution is -0.299. The van der Waals surface area contributed by atoms with Crippen molar-refractivity contribution in [2.75, 3.05) is 19.8 Å². The first-order valence-corrected chi connectivity index (χ1v) is 7.92. The summed E-state index contributed by atoms with van der Waals surface area (Å²) in [5.41, 5.74) is 0. The van der Waals surface area contributed by atoms with Crippen molar-refractivity contribution in [1.82, 2.24) is 0 Å². The fourth-order valence-electron chi connectivity index (χ4n) is 1.43. The molecule has 4 aliphatic heterocycles. The topological polar surface area (TPSA) is 142 Å². The lowest BCUT2D eigenvalue weighted by Crippen LogP contribution is -2.43. The molecule has 21 heteroatoms. The molecule has 4 heterocycles. The zero-order valence-corrected chi connectivity index (χ0v) is 15.7. The highest BCUT2D eigenvalue weighted by atomic mass is 19.4. The van der Waals surface area contributed by atoms with Crippen LogP contribution in [0.4, 0.5) is 58.7 Å². The molecule has 0 aliphatic carbocycles. The van der Waals surface area contributed by atoms with Gasteiger partial charge in [-0.25, -0.2) is 19.2 Å². The normalized spacial score (nSPS) is 30.6. The van der Waals surface area contributed by atoms with Crippen molar-refractivity contribution >= 4 is 24.6 Å². The summed E-state index contributed by atoms with van der Waals surface area (Å²) in [5.74, 6) is -3.97. The van der Waals surface area contributed by atoms with Crippen LogP contribution in [-0.2, 0) is 37.9 Å². The number of alkyl halides is 9. The van der Waals surface area contributed by atoms with E-state index < -0.39 is 75.0 Å². The summed E-state index contributed by atoms with van der Waals surface area (Å²) in [4.78, 5) is 39.2. The molecule has 0 aromatic rings. The van der Waals surface area contributed by atoms with Gasteiger partial charge >= 0.3 is 55.5 Å². The number of carbonyl (C=O) groups excluding carboxylic acids is 4. The van der Waals surface area contributed by atoms with Gasteiger partial charge in [0.15, 0.2) is 19.8 Å². The van der Waals surface area contributed by atoms with Gasteiger partial charge in [0.05, 0.1) is 0 Å². The Balaban J connectivity index is 0.000000230. The molecular formula is C13H9F9O12. The molecule has 4 unspecified atom stereocenters. The van der Waals surface area contributed by atoms with Crippen molar-refractivity contribution < 1.29 is 96.6 Å². The van der Waals surface area contributed by atoms with Crippen molar-refractivity contribution in [3.05, 3.63) is 0 Å². The Bertz CT molecular complexity index is 748. The third kappa shape index (κ3) is 9.13. The quantitative estimate of drug-likeness (QED) is 0.259. The Kier molecular flexibility index (Phi) is 9.26. The van der Waals surface area contributed by atoms with Gasteiger partial charge in [-0.05, 0) is 0 Å². The van der Waals surface area contributed by atoms with Gasteiger partial charge in [-0.1, -0.05) is 0 Å². The van der Waals surface area contributed by atoms with Crippen LogP contribution >= 0.6 is 0 Å². The maximum absolute atomic E-state index is 12.4. The Morgan fingerprint density at radius 3 is 1.32 bits per heavy atom. The molecule has 0 radical (unpaired) electrons. The van der Waals surface area contributed by atoms with Crippen LogP contribution in [0.2, 0.25) is 0 Å². The van der Waals surface area contributed by atoms with E-state index in [9.17, 15) is 58.7 Å². The second kappa shape index (κ2) is 11.0. The SMILES string of the molecule is O=C1OC(F)C(F)O1.O=C1OCC(F)(C(F)(F)F)O1.O=C1OCC(F)(F)O1.O=C1OCC(F)O1. The van der Waals surface area contributed by atoms with E-state index in [1.54, 1.807) is 0 Å². The van der Waals surface area contributed by atoms with E-state index in [1.807, 2.05) is 0 Å². The Morgan fingerprint density at radius 1 is 0.676 bits per heavy atom. The second-order valence-electron chi connectivity index (χ2n) is 5.42. The van der Waals surface area contributed by atoms with Crippen LogP contribution < -0.4 is 0 Å². The molecule has 0 spiro atoms. The van der Waals surface area contributed by atoms with Crippen LogP contribution in [0, 0.1) is 0 Å². The monoisotopic (exact) mass is 528 g/mol. The first-order valence-electron chi connectivity index (χ1n) is 7.92. The van der Waals surface area contributed by atoms with Crippen LogP contribution in [0.1, 0.15) is 0 Å². The summed E-state index contributed by atoms with van der Waals surface area (Å²) in [6.07, 6.45) is -19.9. The van der Waals surface area contributed by atoms with E-state index >= 15 is 0 Å². The van der Waals surface area contributed by atoms with Crippen molar-refractivity contribution in [2.24, 2.45) is 0 Å². The number of carbonyl (C=O) groups is 4. The molecule has 0 aromatic heterocycles. The Hall–Kier alpha value is -3.55. The number of hydrogen-bond donors (Lipinski definition) is 0. The second-order valence-corrected chi connectivity index (χ2v) is 5.42. The number of ether oxygens (including phenoxy) is 8. The minimum absolute atomic E-state index is 0.265. The summed E-state index contributed by atoms with van der Waals surface area (Å²) in [6.45, 7) is -2.67. The van der Waals surface area contributed by atoms with E-state index in [-0.39, 0.29) is 6.61 Å². The number of hydrogen-bond acceptors (Lipinski definition) is 12. The van der Waals surface area contributed by atoms with Gasteiger partial charge in [0.2, 0.25) is 0 Å². The zero-order chi connectivity index (χ0) is 26.3. The molecular weight excluding hydrogens is 519 g/mol. The maximum atomic E-state index is 12.4. The molecule has 12 nitrogen and oxygen atoms in total. The number of rotatable bonds is 0. The molecule has 4 aliphatic rings. The maximum Gasteiger partial charge on any atom is 0.513 e. The van der Waals surface area contributed by atoms with Gasteiger partial charge in [0, 0.05) is 0 Å². The third-order valence-corrected chi connectivity index (χ3v) is 2.81. The van der Waals surface area contributed by atoms with Crippen LogP contribution in [-0.4, -0.2) is 81.7 Å². The molecule has 0 N–H and O–H groups in total. The average Bonchev–Trinajstić information content (AvgIpc) is 3.40. The van der Waals surface area contributed by atoms with Gasteiger partial charge in [-0.3, -0.25) is 0 Å². The summed E-state index contributed by atoms with van der Waals surface area (Å²) < 4.78 is 134. The highest BCUT2D eigenvalue weighted by Gasteiger charge is 2.64. The molecule has 0 bridgehead atoms. The van der Waals surface area contributed by atoms with Gasteiger partial charge in [0.25, 0.3) is 6.36 Å². The molecule has 0 amide bonds. The summed E-state index contributed by atoms with van der Waals surface area (Å²) in [5, 5.41) is 0. The predicted octanol–water partition coefficient (Wildman–Crippen LogP) is 3.32. The van der Waals surface area contributed by atoms with Gasteiger partial charge in [0.1, 0.15) is 0 Å². The summed E-state index contributed by atoms with van der Waals surface area (Å²) in [6, 6.07) is 0. The highest BCUT2D eigenvalue weighted by molar-refractivity contribution is 5.63. The van der Waals surface area contributed by atoms with Gasteiger partial charge < -0.3 is 37.9 Å². The molecule has 34 heavy (non-hydrogen) atoms. The Labute approximate surface area is 179 Å². The molecule has 0 aromatic carbocycles. The lowest BCUT2D eigenvalue weighted by Gasteiger charge is -2.17. The summed E-state index contributed by atoms with van der Waals surface area (Å²) in [7, 11) is 0. The van der Waals surface area contributed by atoms with E-state index in [4.69, 9.17) is 0 Å². The van der Waals surface area contributed by atoms with Gasteiger partial charge in [-0.2, -0.15) is 39.5 Å². The number of cyclic esters (lactones) is 8. The third-order valence-electron chi connectivity index (χ3n) is 2.81. The standard InChI is InChI=1S/C4H2F4O3.2C3H2F2O3.C3H3FO3/c5-3(4(6,7)8)1-10-2(9)11-3;4-3(5)1-7-2(6)8-3;4-1-2(5)8-3(6)7-1;4-2-1-6-3(5)7-2/h1H2;1H2;1-2H;2H,1H2. The molecule has 4 saturated heterocycles. The van der Waals surface area contributed by atoms with Crippen molar-refractivity contribution in [2.45, 2.75) is 37.2 Å².